The number of carboxylic acids is 1. The highest BCUT2D eigenvalue weighted by Gasteiger charge is 2.49. The van der Waals surface area contributed by atoms with Gasteiger partial charge in [-0.3, -0.25) is 19.3 Å². The van der Waals surface area contributed by atoms with Gasteiger partial charge in [0.2, 0.25) is 11.8 Å². The van der Waals surface area contributed by atoms with Gasteiger partial charge in [-0.05, 0) is 68.1 Å². The molecule has 3 heterocycles. The average Bonchev–Trinajstić information content (AvgIpc) is 3.68. The normalized spacial score (nSPS) is 24.6. The summed E-state index contributed by atoms with van der Waals surface area (Å²) in [7, 11) is 1.92. The molecule has 0 bridgehead atoms. The Morgan fingerprint density at radius 3 is 2.49 bits per heavy atom. The Morgan fingerprint density at radius 2 is 1.84 bits per heavy atom. The van der Waals surface area contributed by atoms with Gasteiger partial charge in [0.1, 0.15) is 11.7 Å². The molecule has 0 aliphatic carbocycles. The maximum Gasteiger partial charge on any atom is 0.352 e. The molecule has 45 heavy (non-hydrogen) atoms. The first kappa shape index (κ1) is 32.5. The van der Waals surface area contributed by atoms with Gasteiger partial charge in [-0.1, -0.05) is 49.4 Å². The Morgan fingerprint density at radius 1 is 1.11 bits per heavy atom. The Balaban J connectivity index is 1.23. The molecule has 3 saturated heterocycles. The molecule has 3 fully saturated rings. The minimum atomic E-state index is -1.24. The first-order valence-corrected chi connectivity index (χ1v) is 16.4. The lowest BCUT2D eigenvalue weighted by molar-refractivity contribution is -0.153. The highest BCUT2D eigenvalue weighted by atomic mass is 32.2. The molecule has 5 rings (SSSR count). The summed E-state index contributed by atoms with van der Waals surface area (Å²) in [5.41, 5.74) is 3.24. The Bertz CT molecular complexity index is 1490. The number of nitrogens with one attached hydrogen (secondary N) is 3. The molecule has 3 unspecified atom stereocenters. The molecule has 0 radical (unpaired) electrons. The van der Waals surface area contributed by atoms with Crippen molar-refractivity contribution < 1.29 is 24.3 Å². The highest BCUT2D eigenvalue weighted by Crippen LogP contribution is 2.33. The van der Waals surface area contributed by atoms with Crippen LogP contribution in [0.25, 0.3) is 0 Å². The van der Waals surface area contributed by atoms with Gasteiger partial charge in [-0.15, -0.1) is 11.8 Å². The van der Waals surface area contributed by atoms with Gasteiger partial charge >= 0.3 is 5.97 Å². The second kappa shape index (κ2) is 14.4. The summed E-state index contributed by atoms with van der Waals surface area (Å²) in [4.78, 5) is 55.8. The second-order valence-corrected chi connectivity index (χ2v) is 12.7. The molecule has 10 nitrogen and oxygen atoms in total. The molecular weight excluding hydrogens is 590 g/mol. The molecule has 4 N–H and O–H groups in total. The SMILES string of the molecule is CCC(/C=C1\CCN(C2CN[C@@H](c3ccc(CNC)cc3)C2)C1=O)=C(/C(=O)O)N1C(=O)C(NC(=O)CSc2ccccc2)C1C. The third-order valence-electron chi connectivity index (χ3n) is 8.77. The fourth-order valence-corrected chi connectivity index (χ4v) is 7.07. The number of hydrogen-bond acceptors (Lipinski definition) is 7. The summed E-state index contributed by atoms with van der Waals surface area (Å²) in [5.74, 6) is -1.94. The number of benzene rings is 2. The molecule has 2 aromatic carbocycles. The number of carboxylic acid groups (broad SMARTS) is 1. The number of carbonyl (C=O) groups is 4. The van der Waals surface area contributed by atoms with E-state index in [0.717, 1.165) is 17.9 Å². The van der Waals surface area contributed by atoms with Gasteiger partial charge in [0.15, 0.2) is 0 Å². The van der Waals surface area contributed by atoms with Crippen LogP contribution >= 0.6 is 11.8 Å². The number of β-lactam (4-membered cyclic amide) rings is 1. The zero-order valence-corrected chi connectivity index (χ0v) is 26.7. The molecule has 238 valence electrons. The van der Waals surface area contributed by atoms with Crippen LogP contribution in [0.15, 0.2) is 82.4 Å². The zero-order valence-electron chi connectivity index (χ0n) is 25.9. The summed E-state index contributed by atoms with van der Waals surface area (Å²) >= 11 is 1.37. The van der Waals surface area contributed by atoms with Crippen molar-refractivity contribution in [2.24, 2.45) is 0 Å². The summed E-state index contributed by atoms with van der Waals surface area (Å²) in [6.45, 7) is 5.61. The van der Waals surface area contributed by atoms with Crippen LogP contribution in [0.4, 0.5) is 0 Å². The molecule has 3 aliphatic rings. The second-order valence-electron chi connectivity index (χ2n) is 11.7. The van der Waals surface area contributed by atoms with Crippen LogP contribution in [0.1, 0.15) is 50.3 Å². The Hall–Kier alpha value is -3.93. The van der Waals surface area contributed by atoms with Crippen LogP contribution in [0.3, 0.4) is 0 Å². The number of nitrogens with zero attached hydrogens (tertiary/aromatic N) is 2. The van der Waals surface area contributed by atoms with Crippen LogP contribution in [0, 0.1) is 0 Å². The van der Waals surface area contributed by atoms with Crippen molar-refractivity contribution in [1.82, 2.24) is 25.8 Å². The van der Waals surface area contributed by atoms with Crippen LogP contribution in [-0.4, -0.2) is 82.6 Å². The van der Waals surface area contributed by atoms with Crippen molar-refractivity contribution >= 4 is 35.5 Å². The topological polar surface area (TPSA) is 131 Å². The van der Waals surface area contributed by atoms with Crippen molar-refractivity contribution in [3.63, 3.8) is 0 Å². The molecule has 0 spiro atoms. The van der Waals surface area contributed by atoms with E-state index in [9.17, 15) is 24.3 Å². The lowest BCUT2D eigenvalue weighted by atomic mass is 9.93. The van der Waals surface area contributed by atoms with Crippen LogP contribution in [0.5, 0.6) is 0 Å². The van der Waals surface area contributed by atoms with Gasteiger partial charge in [0.25, 0.3) is 5.91 Å². The van der Waals surface area contributed by atoms with E-state index >= 15 is 0 Å². The van der Waals surface area contributed by atoms with Crippen LogP contribution in [0.2, 0.25) is 0 Å². The largest absolute Gasteiger partial charge is 0.477 e. The third-order valence-corrected chi connectivity index (χ3v) is 9.78. The van der Waals surface area contributed by atoms with Crippen molar-refractivity contribution in [3.8, 4) is 0 Å². The zero-order chi connectivity index (χ0) is 32.1. The van der Waals surface area contributed by atoms with Gasteiger partial charge in [0.05, 0.1) is 11.8 Å². The highest BCUT2D eigenvalue weighted by molar-refractivity contribution is 8.00. The summed E-state index contributed by atoms with van der Waals surface area (Å²) in [6, 6.07) is 16.8. The number of aliphatic carboxylic acids is 1. The number of amides is 3. The van der Waals surface area contributed by atoms with Gasteiger partial charge in [0, 0.05) is 42.2 Å². The number of thioether (sulfide) groups is 1. The minimum Gasteiger partial charge on any atom is -0.477 e. The molecule has 2 aromatic rings. The first-order valence-electron chi connectivity index (χ1n) is 15.5. The molecule has 3 aliphatic heterocycles. The molecule has 0 saturated carbocycles. The molecule has 4 atom stereocenters. The standard InChI is InChI=1S/C34H41N5O5S/c1-4-23(31(34(43)44)39-21(2)30(33(39)42)37-29(40)20-45-27-8-6-5-7-9-27)16-25-14-15-38(32(25)41)26-17-28(36-19-26)24-12-10-22(11-13-24)18-35-3/h5-13,16,21,26,28,30,35-36H,4,14-15,17-20H2,1-3H3,(H,37,40)(H,43,44)/b25-16+,31-23+/t21?,26?,28-,30?/m1/s1. The summed E-state index contributed by atoms with van der Waals surface area (Å²) in [5, 5.41) is 19.7. The predicted octanol–water partition coefficient (Wildman–Crippen LogP) is 3.22. The maximum atomic E-state index is 13.5. The molecule has 11 heteroatoms. The fraction of sp³-hybridized carbons (Fsp3) is 0.412. The van der Waals surface area contributed by atoms with Crippen LogP contribution < -0.4 is 16.0 Å². The van der Waals surface area contributed by atoms with Crippen molar-refractivity contribution in [1.29, 1.82) is 0 Å². The Kier molecular flexibility index (Phi) is 10.4. The number of likely N-dealkylation sites (tertiary alicyclic amines) is 2. The fourth-order valence-electron chi connectivity index (χ4n) is 6.34. The predicted molar refractivity (Wildman–Crippen MR) is 173 cm³/mol. The Labute approximate surface area is 268 Å². The molecule has 0 aromatic heterocycles. The quantitative estimate of drug-likeness (QED) is 0.160. The van der Waals surface area contributed by atoms with Gasteiger partial charge < -0.3 is 26.0 Å². The van der Waals surface area contributed by atoms with Gasteiger partial charge in [-0.2, -0.15) is 0 Å². The number of allylic oxidation sites excluding steroid dienone is 2. The van der Waals surface area contributed by atoms with E-state index in [4.69, 9.17) is 0 Å². The lowest BCUT2D eigenvalue weighted by Gasteiger charge is -2.45. The maximum absolute atomic E-state index is 13.5. The average molecular weight is 632 g/mol. The van der Waals surface area contributed by atoms with E-state index in [2.05, 4.69) is 40.2 Å². The summed E-state index contributed by atoms with van der Waals surface area (Å²) in [6.07, 6.45) is 3.30. The first-order chi connectivity index (χ1) is 21.7. The van der Waals surface area contributed by atoms with E-state index in [0.29, 0.717) is 37.1 Å². The summed E-state index contributed by atoms with van der Waals surface area (Å²) < 4.78 is 0. The molecular formula is C34H41N5O5S. The number of carbonyl (C=O) groups excluding carboxylic acids is 3. The van der Waals surface area contributed by atoms with Crippen molar-refractivity contribution in [2.45, 2.75) is 68.7 Å². The van der Waals surface area contributed by atoms with E-state index in [1.165, 1.54) is 27.8 Å². The van der Waals surface area contributed by atoms with E-state index in [1.807, 2.05) is 49.2 Å². The van der Waals surface area contributed by atoms with E-state index in [1.54, 1.807) is 13.0 Å². The van der Waals surface area contributed by atoms with Gasteiger partial charge in [-0.25, -0.2) is 4.79 Å². The van der Waals surface area contributed by atoms with Crippen molar-refractivity contribution in [3.05, 3.63) is 88.6 Å². The number of rotatable bonds is 12. The molecule has 3 amide bonds. The van der Waals surface area contributed by atoms with Crippen LogP contribution in [-0.2, 0) is 25.7 Å². The third kappa shape index (κ3) is 7.16. The van der Waals surface area contributed by atoms with Crippen molar-refractivity contribution in [2.75, 3.05) is 25.9 Å². The lowest BCUT2D eigenvalue weighted by Crippen LogP contribution is -2.69. The van der Waals surface area contributed by atoms with E-state index < -0.39 is 24.0 Å². The monoisotopic (exact) mass is 631 g/mol. The van der Waals surface area contributed by atoms with E-state index in [-0.39, 0.29) is 35.3 Å². The minimum absolute atomic E-state index is 0.0415. The smallest absolute Gasteiger partial charge is 0.352 e. The number of hydrogen-bond donors (Lipinski definition) is 4.